The third-order valence-electron chi connectivity index (χ3n) is 3.70. The van der Waals surface area contributed by atoms with Crippen molar-refractivity contribution < 1.29 is 19.1 Å². The quantitative estimate of drug-likeness (QED) is 0.538. The van der Waals surface area contributed by atoms with Crippen molar-refractivity contribution >= 4 is 22.6 Å². The molecule has 0 saturated carbocycles. The second-order valence-corrected chi connectivity index (χ2v) is 4.91. The normalized spacial score (nSPS) is 21.4. The van der Waals surface area contributed by atoms with Crippen LogP contribution in [-0.4, -0.2) is 36.2 Å². The summed E-state index contributed by atoms with van der Waals surface area (Å²) in [5.41, 5.74) is 0.407. The average Bonchev–Trinajstić information content (AvgIpc) is 2.92. The molecule has 2 aromatic carbocycles. The van der Waals surface area contributed by atoms with E-state index in [0.717, 1.165) is 10.8 Å². The van der Waals surface area contributed by atoms with Crippen molar-refractivity contribution in [3.05, 3.63) is 42.0 Å². The van der Waals surface area contributed by atoms with Crippen LogP contribution in [0.5, 0.6) is 5.75 Å². The van der Waals surface area contributed by atoms with Crippen LogP contribution in [-0.2, 0) is 9.53 Å². The first-order valence-corrected chi connectivity index (χ1v) is 6.37. The Morgan fingerprint density at radius 2 is 1.85 bits per heavy atom. The van der Waals surface area contributed by atoms with Crippen molar-refractivity contribution in [1.82, 2.24) is 4.90 Å². The molecule has 0 radical (unpaired) electrons. The van der Waals surface area contributed by atoms with Gasteiger partial charge in [0.05, 0.1) is 12.2 Å². The summed E-state index contributed by atoms with van der Waals surface area (Å²) in [7, 11) is 0. The molecule has 1 amide bonds. The first-order valence-electron chi connectivity index (χ1n) is 6.37. The molecule has 2 aliphatic heterocycles. The first-order chi connectivity index (χ1) is 9.74. The molecule has 0 aromatic heterocycles. The van der Waals surface area contributed by atoms with Gasteiger partial charge in [0.2, 0.25) is 0 Å². The predicted molar refractivity (Wildman–Crippen MR) is 70.4 cm³/mol. The van der Waals surface area contributed by atoms with Gasteiger partial charge in [-0.2, -0.15) is 0 Å². The van der Waals surface area contributed by atoms with E-state index in [0.29, 0.717) is 11.3 Å². The number of fused-ring (bicyclic) bond motifs is 3. The van der Waals surface area contributed by atoms with Crippen LogP contribution in [0, 0.1) is 0 Å². The standard InChI is InChI=1S/C15H11NO4/c17-14-11-5-9-3-1-2-4-10(9)6-13(11)20-15(18)12-7-19-8-16(12)14/h1-6,12H,7-8H2. The second kappa shape index (κ2) is 4.05. The van der Waals surface area contributed by atoms with E-state index in [1.54, 1.807) is 12.1 Å². The third-order valence-corrected chi connectivity index (χ3v) is 3.70. The molecular weight excluding hydrogens is 258 g/mol. The number of carbonyl (C=O) groups excluding carboxylic acids is 2. The highest BCUT2D eigenvalue weighted by atomic mass is 16.6. The first kappa shape index (κ1) is 11.4. The van der Waals surface area contributed by atoms with Gasteiger partial charge in [-0.3, -0.25) is 9.69 Å². The molecule has 0 bridgehead atoms. The molecule has 0 aliphatic carbocycles. The van der Waals surface area contributed by atoms with Gasteiger partial charge < -0.3 is 9.47 Å². The fourth-order valence-corrected chi connectivity index (χ4v) is 2.64. The van der Waals surface area contributed by atoms with Crippen molar-refractivity contribution in [2.45, 2.75) is 6.04 Å². The largest absolute Gasteiger partial charge is 0.424 e. The van der Waals surface area contributed by atoms with Gasteiger partial charge in [-0.25, -0.2) is 4.79 Å². The molecule has 2 aromatic rings. The topological polar surface area (TPSA) is 55.8 Å². The average molecular weight is 269 g/mol. The molecule has 2 aliphatic rings. The van der Waals surface area contributed by atoms with Crippen LogP contribution < -0.4 is 4.74 Å². The lowest BCUT2D eigenvalue weighted by Gasteiger charge is -2.16. The molecule has 1 fully saturated rings. The molecule has 1 atom stereocenters. The lowest BCUT2D eigenvalue weighted by Crippen LogP contribution is -2.41. The number of carbonyl (C=O) groups is 2. The zero-order valence-corrected chi connectivity index (χ0v) is 10.5. The maximum Gasteiger partial charge on any atom is 0.336 e. The van der Waals surface area contributed by atoms with Crippen LogP contribution >= 0.6 is 0 Å². The Balaban J connectivity index is 1.94. The van der Waals surface area contributed by atoms with Crippen molar-refractivity contribution in [3.63, 3.8) is 0 Å². The van der Waals surface area contributed by atoms with Gasteiger partial charge in [0.1, 0.15) is 12.5 Å². The Morgan fingerprint density at radius 3 is 2.65 bits per heavy atom. The Labute approximate surface area is 114 Å². The van der Waals surface area contributed by atoms with Crippen LogP contribution in [0.4, 0.5) is 0 Å². The van der Waals surface area contributed by atoms with Crippen molar-refractivity contribution in [1.29, 1.82) is 0 Å². The summed E-state index contributed by atoms with van der Waals surface area (Å²) < 4.78 is 10.6. The van der Waals surface area contributed by atoms with Gasteiger partial charge >= 0.3 is 5.97 Å². The molecule has 1 saturated heterocycles. The van der Waals surface area contributed by atoms with Crippen LogP contribution in [0.3, 0.4) is 0 Å². The maximum atomic E-state index is 12.5. The van der Waals surface area contributed by atoms with Crippen LogP contribution in [0.1, 0.15) is 10.4 Å². The third kappa shape index (κ3) is 1.53. The van der Waals surface area contributed by atoms with E-state index in [2.05, 4.69) is 0 Å². The Hall–Kier alpha value is -2.40. The fraction of sp³-hybridized carbons (Fsp3) is 0.200. The molecule has 4 rings (SSSR count). The summed E-state index contributed by atoms with van der Waals surface area (Å²) in [6.45, 7) is 0.322. The number of hydrogen-bond donors (Lipinski definition) is 0. The summed E-state index contributed by atoms with van der Waals surface area (Å²) in [5, 5.41) is 1.87. The summed E-state index contributed by atoms with van der Waals surface area (Å²) >= 11 is 0. The van der Waals surface area contributed by atoms with Crippen molar-refractivity contribution in [2.75, 3.05) is 13.3 Å². The smallest absolute Gasteiger partial charge is 0.336 e. The molecule has 100 valence electrons. The van der Waals surface area contributed by atoms with Crippen LogP contribution in [0.2, 0.25) is 0 Å². The zero-order chi connectivity index (χ0) is 13.7. The number of amides is 1. The monoisotopic (exact) mass is 269 g/mol. The van der Waals surface area contributed by atoms with Gasteiger partial charge in [0, 0.05) is 0 Å². The predicted octanol–water partition coefficient (Wildman–Crippen LogP) is 1.56. The van der Waals surface area contributed by atoms with E-state index < -0.39 is 12.0 Å². The van der Waals surface area contributed by atoms with E-state index in [-0.39, 0.29) is 19.2 Å². The van der Waals surface area contributed by atoms with E-state index in [9.17, 15) is 9.59 Å². The lowest BCUT2D eigenvalue weighted by atomic mass is 10.1. The number of nitrogens with zero attached hydrogens (tertiary/aromatic N) is 1. The van der Waals surface area contributed by atoms with Gasteiger partial charge in [-0.1, -0.05) is 24.3 Å². The van der Waals surface area contributed by atoms with Crippen molar-refractivity contribution in [2.24, 2.45) is 0 Å². The zero-order valence-electron chi connectivity index (χ0n) is 10.5. The molecule has 20 heavy (non-hydrogen) atoms. The molecule has 2 heterocycles. The maximum absolute atomic E-state index is 12.5. The van der Waals surface area contributed by atoms with Gasteiger partial charge in [-0.05, 0) is 22.9 Å². The van der Waals surface area contributed by atoms with Crippen LogP contribution in [0.15, 0.2) is 36.4 Å². The van der Waals surface area contributed by atoms with Crippen molar-refractivity contribution in [3.8, 4) is 5.75 Å². The molecule has 5 heteroatoms. The lowest BCUT2D eigenvalue weighted by molar-refractivity contribution is -0.137. The Kier molecular flexibility index (Phi) is 2.31. The van der Waals surface area contributed by atoms with E-state index in [1.165, 1.54) is 4.90 Å². The van der Waals surface area contributed by atoms with Crippen LogP contribution in [0.25, 0.3) is 10.8 Å². The minimum Gasteiger partial charge on any atom is -0.424 e. The van der Waals surface area contributed by atoms with Gasteiger partial charge in [0.25, 0.3) is 5.91 Å². The summed E-state index contributed by atoms with van der Waals surface area (Å²) in [4.78, 5) is 26.0. The number of rotatable bonds is 0. The molecule has 1 unspecified atom stereocenters. The van der Waals surface area contributed by atoms with E-state index in [1.807, 2.05) is 24.3 Å². The highest BCUT2D eigenvalue weighted by molar-refractivity contribution is 6.05. The minimum absolute atomic E-state index is 0.130. The highest BCUT2D eigenvalue weighted by Crippen LogP contribution is 2.31. The summed E-state index contributed by atoms with van der Waals surface area (Å²) in [6, 6.07) is 10.5. The molecule has 0 N–H and O–H groups in total. The second-order valence-electron chi connectivity index (χ2n) is 4.91. The number of benzene rings is 2. The van der Waals surface area contributed by atoms with Gasteiger partial charge in [0.15, 0.2) is 6.04 Å². The summed E-state index contributed by atoms with van der Waals surface area (Å²) in [5.74, 6) is -0.336. The van der Waals surface area contributed by atoms with Gasteiger partial charge in [-0.15, -0.1) is 0 Å². The summed E-state index contributed by atoms with van der Waals surface area (Å²) in [6.07, 6.45) is 0. The number of ether oxygens (including phenoxy) is 2. The number of hydrogen-bond acceptors (Lipinski definition) is 4. The molecule has 0 spiro atoms. The fourth-order valence-electron chi connectivity index (χ4n) is 2.64. The molecule has 5 nitrogen and oxygen atoms in total. The Morgan fingerprint density at radius 1 is 1.10 bits per heavy atom. The molecular formula is C15H11NO4. The minimum atomic E-state index is -0.641. The Bertz CT molecular complexity index is 740. The highest BCUT2D eigenvalue weighted by Gasteiger charge is 2.41. The van der Waals surface area contributed by atoms with E-state index >= 15 is 0 Å². The SMILES string of the molecule is O=C1Oc2cc3ccccc3cc2C(=O)N2COCC12. The van der Waals surface area contributed by atoms with E-state index in [4.69, 9.17) is 9.47 Å². The number of esters is 1.